The maximum absolute atomic E-state index is 12.6. The van der Waals surface area contributed by atoms with Crippen LogP contribution in [0.5, 0.6) is 0 Å². The van der Waals surface area contributed by atoms with E-state index in [0.717, 1.165) is 45.1 Å². The molecule has 0 bridgehead atoms. The van der Waals surface area contributed by atoms with Crippen LogP contribution in [0.2, 0.25) is 0 Å². The molecule has 0 aromatic heterocycles. The molecule has 2 fully saturated rings. The lowest BCUT2D eigenvalue weighted by atomic mass is 9.91. The molecule has 5 heteroatoms. The van der Waals surface area contributed by atoms with E-state index in [2.05, 4.69) is 41.1 Å². The van der Waals surface area contributed by atoms with Crippen LogP contribution >= 0.6 is 0 Å². The summed E-state index contributed by atoms with van der Waals surface area (Å²) in [5.74, 6) is 1.40. The lowest BCUT2D eigenvalue weighted by Gasteiger charge is -2.38. The van der Waals surface area contributed by atoms with Crippen LogP contribution in [0, 0.1) is 11.8 Å². The SMILES string of the molecule is C[C@@H]1C[C@@H](C)CN([C@@H](C)C(=O)Nc2ccc(N3CCOCC3)cc2)C1. The van der Waals surface area contributed by atoms with Crippen molar-refractivity contribution in [3.05, 3.63) is 24.3 Å². The molecule has 1 amide bonds. The highest BCUT2D eigenvalue weighted by Crippen LogP contribution is 2.23. The quantitative estimate of drug-likeness (QED) is 0.911. The van der Waals surface area contributed by atoms with Crippen LogP contribution in [-0.2, 0) is 9.53 Å². The molecule has 3 rings (SSSR count). The summed E-state index contributed by atoms with van der Waals surface area (Å²) in [4.78, 5) is 17.3. The number of anilines is 2. The molecule has 0 radical (unpaired) electrons. The second kappa shape index (κ2) is 8.19. The Morgan fingerprint density at radius 1 is 1.12 bits per heavy atom. The molecule has 0 unspecified atom stereocenters. The van der Waals surface area contributed by atoms with E-state index in [1.165, 1.54) is 12.1 Å². The van der Waals surface area contributed by atoms with E-state index >= 15 is 0 Å². The van der Waals surface area contributed by atoms with Crippen LogP contribution in [0.1, 0.15) is 27.2 Å². The molecule has 0 spiro atoms. The molecule has 1 aromatic carbocycles. The Labute approximate surface area is 151 Å². The number of nitrogens with zero attached hydrogens (tertiary/aromatic N) is 2. The summed E-state index contributed by atoms with van der Waals surface area (Å²) in [5, 5.41) is 3.07. The number of ether oxygens (including phenoxy) is 1. The van der Waals surface area contributed by atoms with Crippen LogP contribution < -0.4 is 10.2 Å². The van der Waals surface area contributed by atoms with Gasteiger partial charge in [0.2, 0.25) is 5.91 Å². The Hall–Kier alpha value is -1.59. The highest BCUT2D eigenvalue weighted by Gasteiger charge is 2.28. The number of benzene rings is 1. The van der Waals surface area contributed by atoms with Crippen molar-refractivity contribution in [1.29, 1.82) is 0 Å². The molecule has 2 heterocycles. The first kappa shape index (κ1) is 18.2. The molecular formula is C20H31N3O2. The summed E-state index contributed by atoms with van der Waals surface area (Å²) in [6, 6.07) is 8.06. The van der Waals surface area contributed by atoms with Crippen LogP contribution in [0.25, 0.3) is 0 Å². The van der Waals surface area contributed by atoms with Crippen molar-refractivity contribution in [2.45, 2.75) is 33.2 Å². The van der Waals surface area contributed by atoms with Gasteiger partial charge in [0, 0.05) is 37.6 Å². The summed E-state index contributed by atoms with van der Waals surface area (Å²) in [5.41, 5.74) is 2.06. The minimum absolute atomic E-state index is 0.0837. The first-order chi connectivity index (χ1) is 12.0. The van der Waals surface area contributed by atoms with E-state index in [0.29, 0.717) is 11.8 Å². The molecule has 2 aliphatic rings. The van der Waals surface area contributed by atoms with Crippen molar-refractivity contribution < 1.29 is 9.53 Å². The van der Waals surface area contributed by atoms with Gasteiger partial charge in [-0.25, -0.2) is 0 Å². The van der Waals surface area contributed by atoms with Gasteiger partial charge in [-0.2, -0.15) is 0 Å². The smallest absolute Gasteiger partial charge is 0.241 e. The van der Waals surface area contributed by atoms with Gasteiger partial charge in [0.1, 0.15) is 0 Å². The Kier molecular flexibility index (Phi) is 5.97. The lowest BCUT2D eigenvalue weighted by Crippen LogP contribution is -2.48. The van der Waals surface area contributed by atoms with Crippen molar-refractivity contribution in [3.8, 4) is 0 Å². The average molecular weight is 345 g/mol. The van der Waals surface area contributed by atoms with Crippen LogP contribution in [0.4, 0.5) is 11.4 Å². The fraction of sp³-hybridized carbons (Fsp3) is 0.650. The number of morpholine rings is 1. The largest absolute Gasteiger partial charge is 0.378 e. The third-order valence-electron chi connectivity index (χ3n) is 5.34. The van der Waals surface area contributed by atoms with Gasteiger partial charge >= 0.3 is 0 Å². The van der Waals surface area contributed by atoms with Crippen molar-refractivity contribution in [1.82, 2.24) is 4.90 Å². The molecule has 2 aliphatic heterocycles. The number of hydrogen-bond acceptors (Lipinski definition) is 4. The molecule has 25 heavy (non-hydrogen) atoms. The van der Waals surface area contributed by atoms with E-state index < -0.39 is 0 Å². The standard InChI is InChI=1S/C20H31N3O2/c1-15-12-16(2)14-23(13-15)17(3)20(24)21-18-4-6-19(7-5-18)22-8-10-25-11-9-22/h4-7,15-17H,8-14H2,1-3H3,(H,21,24)/t15-,16-,17+/m1/s1. The Morgan fingerprint density at radius 2 is 1.72 bits per heavy atom. The van der Waals surface area contributed by atoms with Gasteiger partial charge in [0.25, 0.3) is 0 Å². The zero-order chi connectivity index (χ0) is 17.8. The van der Waals surface area contributed by atoms with E-state index in [4.69, 9.17) is 4.74 Å². The molecule has 3 atom stereocenters. The van der Waals surface area contributed by atoms with Gasteiger partial charge < -0.3 is 15.0 Å². The fourth-order valence-electron chi connectivity index (χ4n) is 4.02. The number of nitrogens with one attached hydrogen (secondary N) is 1. The highest BCUT2D eigenvalue weighted by atomic mass is 16.5. The monoisotopic (exact) mass is 345 g/mol. The summed E-state index contributed by atoms with van der Waals surface area (Å²) in [6.45, 7) is 12.0. The molecule has 2 saturated heterocycles. The summed E-state index contributed by atoms with van der Waals surface area (Å²) < 4.78 is 5.39. The van der Waals surface area contributed by atoms with E-state index in [1.807, 2.05) is 19.1 Å². The zero-order valence-corrected chi connectivity index (χ0v) is 15.7. The summed E-state index contributed by atoms with van der Waals surface area (Å²) in [7, 11) is 0. The number of carbonyl (C=O) groups excluding carboxylic acids is 1. The number of rotatable bonds is 4. The van der Waals surface area contributed by atoms with Gasteiger partial charge in [0.15, 0.2) is 0 Å². The van der Waals surface area contributed by atoms with E-state index in [9.17, 15) is 4.79 Å². The Morgan fingerprint density at radius 3 is 2.32 bits per heavy atom. The van der Waals surface area contributed by atoms with Gasteiger partial charge in [0.05, 0.1) is 19.3 Å². The molecule has 1 N–H and O–H groups in total. The molecular weight excluding hydrogens is 314 g/mol. The second-order valence-electron chi connectivity index (χ2n) is 7.71. The third-order valence-corrected chi connectivity index (χ3v) is 5.34. The van der Waals surface area contributed by atoms with E-state index in [1.54, 1.807) is 0 Å². The third kappa shape index (κ3) is 4.73. The number of piperidine rings is 1. The predicted molar refractivity (Wildman–Crippen MR) is 102 cm³/mol. The average Bonchev–Trinajstić information content (AvgIpc) is 2.61. The molecule has 1 aromatic rings. The maximum Gasteiger partial charge on any atom is 0.241 e. The predicted octanol–water partition coefficient (Wildman–Crippen LogP) is 2.83. The normalized spacial score (nSPS) is 26.3. The zero-order valence-electron chi connectivity index (χ0n) is 15.7. The van der Waals surface area contributed by atoms with Crippen molar-refractivity contribution in [2.24, 2.45) is 11.8 Å². The van der Waals surface area contributed by atoms with Gasteiger partial charge in [-0.1, -0.05) is 13.8 Å². The minimum Gasteiger partial charge on any atom is -0.378 e. The molecule has 0 saturated carbocycles. The maximum atomic E-state index is 12.6. The summed E-state index contributed by atoms with van der Waals surface area (Å²) in [6.07, 6.45) is 1.26. The molecule has 5 nitrogen and oxygen atoms in total. The van der Waals surface area contributed by atoms with Gasteiger partial charge in [-0.3, -0.25) is 9.69 Å². The number of carbonyl (C=O) groups is 1. The Bertz CT molecular complexity index is 559. The first-order valence-electron chi connectivity index (χ1n) is 9.50. The van der Waals surface area contributed by atoms with Gasteiger partial charge in [-0.05, 0) is 49.4 Å². The van der Waals surface area contributed by atoms with Crippen molar-refractivity contribution in [2.75, 3.05) is 49.6 Å². The number of hydrogen-bond donors (Lipinski definition) is 1. The van der Waals surface area contributed by atoms with Gasteiger partial charge in [-0.15, -0.1) is 0 Å². The number of amides is 1. The minimum atomic E-state index is -0.0934. The highest BCUT2D eigenvalue weighted by molar-refractivity contribution is 5.94. The molecule has 0 aliphatic carbocycles. The van der Waals surface area contributed by atoms with Crippen LogP contribution in [0.3, 0.4) is 0 Å². The topological polar surface area (TPSA) is 44.8 Å². The lowest BCUT2D eigenvalue weighted by molar-refractivity contribution is -0.121. The van der Waals surface area contributed by atoms with Crippen LogP contribution in [-0.4, -0.2) is 56.2 Å². The summed E-state index contributed by atoms with van der Waals surface area (Å²) >= 11 is 0. The fourth-order valence-corrected chi connectivity index (χ4v) is 4.02. The van der Waals surface area contributed by atoms with Crippen molar-refractivity contribution >= 4 is 17.3 Å². The van der Waals surface area contributed by atoms with Crippen LogP contribution in [0.15, 0.2) is 24.3 Å². The Balaban J connectivity index is 1.56. The van der Waals surface area contributed by atoms with E-state index in [-0.39, 0.29) is 11.9 Å². The first-order valence-corrected chi connectivity index (χ1v) is 9.50. The van der Waals surface area contributed by atoms with Crippen molar-refractivity contribution in [3.63, 3.8) is 0 Å². The molecule has 138 valence electrons. The number of likely N-dealkylation sites (tertiary alicyclic amines) is 1. The second-order valence-corrected chi connectivity index (χ2v) is 7.71.